The van der Waals surface area contributed by atoms with Gasteiger partial charge in [-0.1, -0.05) is 0 Å². The third-order valence-corrected chi connectivity index (χ3v) is 21.1. The normalized spacial score (nSPS) is 30.3. The van der Waals surface area contributed by atoms with Crippen LogP contribution in [0, 0.1) is 20.8 Å². The van der Waals surface area contributed by atoms with E-state index in [0.717, 1.165) is 49.5 Å². The smallest absolute Gasteiger partial charge is 0.351 e. The van der Waals surface area contributed by atoms with Gasteiger partial charge >= 0.3 is 58.8 Å². The Bertz CT molecular complexity index is 4380. The van der Waals surface area contributed by atoms with E-state index in [2.05, 4.69) is 24.9 Å². The minimum Gasteiger partial charge on any atom is -0.394 e. The summed E-state index contributed by atoms with van der Waals surface area (Å²) < 4.78 is 141. The van der Waals surface area contributed by atoms with Gasteiger partial charge in [0, 0.05) is 106 Å². The van der Waals surface area contributed by atoms with Crippen molar-refractivity contribution in [3.05, 3.63) is 143 Å². The molecule has 0 spiro atoms. The monoisotopic (exact) mass is 1420 g/mol. The molecule has 10 rings (SSSR count). The molecule has 39 nitrogen and oxygen atoms in total. The Labute approximate surface area is 535 Å². The maximum atomic E-state index is 14.6. The van der Waals surface area contributed by atoms with Gasteiger partial charge in [-0.3, -0.25) is 70.4 Å². The molecule has 10 heterocycles. The molecule has 5 saturated heterocycles. The molecule has 0 bridgehead atoms. The Kier molecular flexibility index (Phi) is 21.6. The Hall–Kier alpha value is -6.28. The summed E-state index contributed by atoms with van der Waals surface area (Å²) in [6, 6.07) is 2.63. The second kappa shape index (κ2) is 28.7. The number of nitrogens with two attached hydrogens (primary N) is 2. The number of hydrogen-bond acceptors (Lipinski definition) is 31. The van der Waals surface area contributed by atoms with Crippen LogP contribution in [0.25, 0.3) is 0 Å². The van der Waals surface area contributed by atoms with Crippen molar-refractivity contribution in [2.24, 2.45) is 0 Å². The van der Waals surface area contributed by atoms with Crippen LogP contribution in [-0.2, 0) is 78.1 Å². The first kappa shape index (κ1) is 71.5. The molecular formula is C52H72N12O27P4. The van der Waals surface area contributed by atoms with Gasteiger partial charge in [0.05, 0.1) is 63.6 Å². The molecule has 0 amide bonds. The molecule has 5 fully saturated rings. The van der Waals surface area contributed by atoms with Crippen molar-refractivity contribution in [1.29, 1.82) is 0 Å². The van der Waals surface area contributed by atoms with E-state index in [4.69, 9.17) is 71.3 Å². The van der Waals surface area contributed by atoms with E-state index >= 15 is 0 Å². The zero-order valence-electron chi connectivity index (χ0n) is 51.9. The number of anilines is 2. The van der Waals surface area contributed by atoms with Crippen LogP contribution in [0.1, 0.15) is 79.9 Å². The minimum absolute atomic E-state index is 0.105. The van der Waals surface area contributed by atoms with Gasteiger partial charge in [0.15, 0.2) is 0 Å². The fraction of sp³-hybridized carbons (Fsp3) is 0.615. The largest absolute Gasteiger partial charge is 0.394 e. The van der Waals surface area contributed by atoms with Crippen LogP contribution in [0.3, 0.4) is 0 Å². The molecule has 5 aromatic heterocycles. The van der Waals surface area contributed by atoms with E-state index in [0.29, 0.717) is 0 Å². The maximum absolute atomic E-state index is 14.6. The molecule has 43 heteroatoms. The molecule has 5 aromatic rings. The highest BCUT2D eigenvalue weighted by Crippen LogP contribution is 2.55. The maximum Gasteiger partial charge on any atom is 0.351 e. The molecule has 95 heavy (non-hydrogen) atoms. The number of H-pyrrole nitrogens is 3. The van der Waals surface area contributed by atoms with E-state index in [1.807, 2.05) is 0 Å². The van der Waals surface area contributed by atoms with Gasteiger partial charge in [-0.2, -0.15) is 9.97 Å². The Balaban J connectivity index is 0.822. The van der Waals surface area contributed by atoms with E-state index in [-0.39, 0.29) is 60.4 Å². The van der Waals surface area contributed by atoms with E-state index in [1.165, 1.54) is 63.9 Å². The lowest BCUT2D eigenvalue weighted by Crippen LogP contribution is -2.33. The lowest BCUT2D eigenvalue weighted by Gasteiger charge is -2.27. The first-order chi connectivity index (χ1) is 44.6. The number of rotatable bonds is 26. The zero-order valence-corrected chi connectivity index (χ0v) is 55.5. The summed E-state index contributed by atoms with van der Waals surface area (Å²) in [6.07, 6.45) is -12.8. The lowest BCUT2D eigenvalue weighted by atomic mass is 10.2. The highest BCUT2D eigenvalue weighted by Gasteiger charge is 2.48. The first-order valence-corrected chi connectivity index (χ1v) is 37.4. The number of aromatic amines is 3. The molecule has 4 unspecified atom stereocenters. The van der Waals surface area contributed by atoms with Gasteiger partial charge in [-0.05, 0) is 32.9 Å². The Morgan fingerprint density at radius 3 is 1.05 bits per heavy atom. The predicted molar refractivity (Wildman–Crippen MR) is 327 cm³/mol. The SMILES string of the molecule is Cc1cn([C@H]2C[C@H](OP(C)(=O)OC[C@H]3O[C@@H](n4ccc(N)nc4=O)C[C@@H]3OP(C)(=O)OC[C@H]3O[C@@H](n4ccc(N)nc4=O)C[C@@H]3OP(C)(=O)OC[C@H]3O[C@@H](n4cc(C)c(=O)[nH]c4=O)C[C@@H]3OP(C)(=O)OC[C@H]3O[C@@H](n4cc(C)c(=O)[nH]c4=O)C[C@@H]3O)[C@@H](CO)O2)c(=O)[nH]c1=O. The van der Waals surface area contributed by atoms with Crippen LogP contribution in [-0.4, -0.2) is 179 Å². The average Bonchev–Trinajstić information content (AvgIpc) is 1.37. The number of aliphatic hydroxyl groups is 2. The number of nitrogens with one attached hydrogen (secondary N) is 3. The van der Waals surface area contributed by atoms with Crippen molar-refractivity contribution in [3.8, 4) is 0 Å². The third kappa shape index (κ3) is 17.2. The summed E-state index contributed by atoms with van der Waals surface area (Å²) in [5.41, 5.74) is 5.97. The summed E-state index contributed by atoms with van der Waals surface area (Å²) in [5.74, 6) is -0.226. The molecule has 19 atom stereocenters. The van der Waals surface area contributed by atoms with Crippen molar-refractivity contribution in [3.63, 3.8) is 0 Å². The quantitative estimate of drug-likeness (QED) is 0.0356. The van der Waals surface area contributed by atoms with Gasteiger partial charge in [0.25, 0.3) is 16.7 Å². The van der Waals surface area contributed by atoms with Crippen LogP contribution in [0.15, 0.2) is 81.5 Å². The number of ether oxygens (including phenoxy) is 5. The molecule has 5 aliphatic heterocycles. The predicted octanol–water partition coefficient (Wildman–Crippen LogP) is -0.0700. The number of nitrogen functional groups attached to an aromatic ring is 2. The fourth-order valence-electron chi connectivity index (χ4n) is 11.2. The van der Waals surface area contributed by atoms with Crippen LogP contribution in [0.5, 0.6) is 0 Å². The zero-order chi connectivity index (χ0) is 68.8. The molecule has 0 aliphatic carbocycles. The number of hydrogen-bond donors (Lipinski definition) is 7. The van der Waals surface area contributed by atoms with Gasteiger partial charge < -0.3 is 81.6 Å². The van der Waals surface area contributed by atoms with Crippen LogP contribution < -0.4 is 56.6 Å². The van der Waals surface area contributed by atoms with Crippen molar-refractivity contribution in [1.82, 2.24) is 47.8 Å². The summed E-state index contributed by atoms with van der Waals surface area (Å²) in [6.45, 7) is 5.70. The minimum atomic E-state index is -4.39. The molecule has 0 saturated carbocycles. The Morgan fingerprint density at radius 2 is 0.737 bits per heavy atom. The van der Waals surface area contributed by atoms with Crippen molar-refractivity contribution >= 4 is 42.0 Å². The molecule has 522 valence electrons. The number of aryl methyl sites for hydroxylation is 3. The highest BCUT2D eigenvalue weighted by atomic mass is 31.2. The summed E-state index contributed by atoms with van der Waals surface area (Å²) in [4.78, 5) is 115. The van der Waals surface area contributed by atoms with E-state index in [9.17, 15) is 66.8 Å². The Morgan fingerprint density at radius 1 is 0.463 bits per heavy atom. The van der Waals surface area contributed by atoms with Crippen LogP contribution in [0.4, 0.5) is 11.6 Å². The number of aliphatic hydroxyl groups excluding tert-OH is 2. The number of aromatic nitrogens is 10. The molecule has 5 aliphatic rings. The molecular weight excluding hydrogens is 1350 g/mol. The van der Waals surface area contributed by atoms with Gasteiger partial charge in [-0.25, -0.2) is 24.0 Å². The van der Waals surface area contributed by atoms with Crippen LogP contribution >= 0.6 is 30.4 Å². The topological polar surface area (TPSA) is 515 Å². The lowest BCUT2D eigenvalue weighted by molar-refractivity contribution is -0.0562. The summed E-state index contributed by atoms with van der Waals surface area (Å²) in [7, 11) is -17.1. The standard InChI is InChI=1S/C52H72N12O27P4/c1-25-17-62(50(72)57-45(25)67)40-12-28(66)34(84-40)21-79-92(4,75)91-32-16-44(64-19-27(3)47(69)59-52(64)74)87-37(32)24-82-95(7,78)90-31-15-42(61-11-9-39(54)56-49(61)71)86-36(31)23-81-94(6,77)89-30-14-41(60-10-8-38(53)55-48(60)70)85-35(30)22-80-93(5,76)88-29-13-43(83-33(29)20-65)63-18-26(2)46(68)58-51(63)73/h8-11,17-19,28-37,40-44,65-66H,12-16,20-24H2,1-7H3,(H2,53,55,70)(H2,54,56,71)(H,57,67,72)(H,58,68,73)(H,59,69,74)/t28-,29-,30-,31-,32-,33+,34+,35+,36+,37+,40+,41+,42+,43+,44+,92?,93?,94?,95?/m0/s1. The highest BCUT2D eigenvalue weighted by molar-refractivity contribution is 7.53. The van der Waals surface area contributed by atoms with Gasteiger partial charge in [-0.15, -0.1) is 0 Å². The van der Waals surface area contributed by atoms with Crippen molar-refractivity contribution < 1.29 is 88.3 Å². The molecule has 0 radical (unpaired) electrons. The van der Waals surface area contributed by atoms with Gasteiger partial charge in [0.2, 0.25) is 0 Å². The average molecular weight is 1420 g/mol. The fourth-order valence-corrected chi connectivity index (χ4v) is 16.0. The summed E-state index contributed by atoms with van der Waals surface area (Å²) in [5, 5.41) is 21.1. The summed E-state index contributed by atoms with van der Waals surface area (Å²) >= 11 is 0. The molecule has 9 N–H and O–H groups in total. The van der Waals surface area contributed by atoms with Gasteiger partial charge in [0.1, 0.15) is 73.3 Å². The van der Waals surface area contributed by atoms with Crippen molar-refractivity contribution in [2.75, 3.05) is 71.2 Å². The van der Waals surface area contributed by atoms with Crippen molar-refractivity contribution in [2.45, 2.75) is 145 Å². The second-order valence-corrected chi connectivity index (χ2v) is 31.5. The number of nitrogens with zero attached hydrogens (tertiary/aromatic N) is 7. The second-order valence-electron chi connectivity index (χ2n) is 23.4. The first-order valence-electron chi connectivity index (χ1n) is 29.5. The van der Waals surface area contributed by atoms with E-state index < -0.39 is 201 Å². The third-order valence-electron chi connectivity index (χ3n) is 16.0. The van der Waals surface area contributed by atoms with Crippen LogP contribution in [0.2, 0.25) is 0 Å². The molecule has 0 aromatic carbocycles. The van der Waals surface area contributed by atoms with E-state index in [1.54, 1.807) is 0 Å².